The first-order valence-electron chi connectivity index (χ1n) is 4.80. The summed E-state index contributed by atoms with van der Waals surface area (Å²) in [4.78, 5) is 8.19. The van der Waals surface area contributed by atoms with Crippen molar-refractivity contribution in [3.8, 4) is 0 Å². The van der Waals surface area contributed by atoms with Crippen molar-refractivity contribution < 1.29 is 0 Å². The SMILES string of the molecule is Clc1ncc2ccn(CC3CC3)c2n1. The van der Waals surface area contributed by atoms with Crippen LogP contribution < -0.4 is 0 Å². The van der Waals surface area contributed by atoms with E-state index in [0.717, 1.165) is 23.5 Å². The zero-order valence-corrected chi connectivity index (χ0v) is 8.41. The molecule has 0 N–H and O–H groups in total. The van der Waals surface area contributed by atoms with Crippen LogP contribution in [0.5, 0.6) is 0 Å². The number of rotatable bonds is 2. The molecule has 14 heavy (non-hydrogen) atoms. The summed E-state index contributed by atoms with van der Waals surface area (Å²) >= 11 is 5.76. The highest BCUT2D eigenvalue weighted by molar-refractivity contribution is 6.28. The van der Waals surface area contributed by atoms with E-state index in [2.05, 4.69) is 20.7 Å². The Labute approximate surface area is 86.7 Å². The molecule has 0 aromatic carbocycles. The highest BCUT2D eigenvalue weighted by atomic mass is 35.5. The summed E-state index contributed by atoms with van der Waals surface area (Å²) < 4.78 is 2.17. The van der Waals surface area contributed by atoms with Crippen LogP contribution in [-0.2, 0) is 6.54 Å². The molecule has 0 saturated heterocycles. The minimum atomic E-state index is 0.327. The summed E-state index contributed by atoms with van der Waals surface area (Å²) in [6.45, 7) is 1.07. The third kappa shape index (κ3) is 1.38. The summed E-state index contributed by atoms with van der Waals surface area (Å²) in [7, 11) is 0. The number of fused-ring (bicyclic) bond motifs is 1. The number of halogens is 1. The molecule has 2 aromatic rings. The third-order valence-corrected chi connectivity index (χ3v) is 2.81. The van der Waals surface area contributed by atoms with Crippen molar-refractivity contribution in [3.05, 3.63) is 23.7 Å². The molecule has 72 valence electrons. The summed E-state index contributed by atoms with van der Waals surface area (Å²) in [6.07, 6.45) is 6.53. The second kappa shape index (κ2) is 2.95. The molecule has 1 aliphatic rings. The Bertz CT molecular complexity index is 473. The van der Waals surface area contributed by atoms with Gasteiger partial charge < -0.3 is 4.57 Å². The summed E-state index contributed by atoms with van der Waals surface area (Å²) in [5.74, 6) is 0.847. The van der Waals surface area contributed by atoms with Gasteiger partial charge in [-0.05, 0) is 36.4 Å². The van der Waals surface area contributed by atoms with E-state index in [1.165, 1.54) is 12.8 Å². The van der Waals surface area contributed by atoms with Crippen LogP contribution in [0, 0.1) is 5.92 Å². The van der Waals surface area contributed by atoms with E-state index in [9.17, 15) is 0 Å². The van der Waals surface area contributed by atoms with Gasteiger partial charge in [0.1, 0.15) is 5.65 Å². The second-order valence-electron chi connectivity index (χ2n) is 3.83. The van der Waals surface area contributed by atoms with E-state index >= 15 is 0 Å². The van der Waals surface area contributed by atoms with Crippen molar-refractivity contribution in [1.82, 2.24) is 14.5 Å². The molecule has 4 heteroatoms. The fourth-order valence-corrected chi connectivity index (χ4v) is 1.80. The van der Waals surface area contributed by atoms with E-state index in [1.807, 2.05) is 6.07 Å². The molecule has 0 bridgehead atoms. The van der Waals surface area contributed by atoms with Crippen molar-refractivity contribution >= 4 is 22.6 Å². The number of aromatic nitrogens is 3. The maximum atomic E-state index is 5.76. The van der Waals surface area contributed by atoms with Gasteiger partial charge in [0, 0.05) is 24.3 Å². The molecule has 1 aliphatic carbocycles. The Kier molecular flexibility index (Phi) is 1.74. The van der Waals surface area contributed by atoms with Gasteiger partial charge >= 0.3 is 0 Å². The predicted molar refractivity (Wildman–Crippen MR) is 55.3 cm³/mol. The highest BCUT2D eigenvalue weighted by Crippen LogP contribution is 2.31. The molecule has 3 rings (SSSR count). The lowest BCUT2D eigenvalue weighted by Crippen LogP contribution is -1.99. The van der Waals surface area contributed by atoms with Gasteiger partial charge in [-0.3, -0.25) is 0 Å². The fourth-order valence-electron chi connectivity index (χ4n) is 1.68. The van der Waals surface area contributed by atoms with Crippen LogP contribution in [0.1, 0.15) is 12.8 Å². The minimum absolute atomic E-state index is 0.327. The predicted octanol–water partition coefficient (Wildman–Crippen LogP) is 2.49. The van der Waals surface area contributed by atoms with Crippen molar-refractivity contribution in [3.63, 3.8) is 0 Å². The monoisotopic (exact) mass is 207 g/mol. The van der Waals surface area contributed by atoms with Gasteiger partial charge in [0.15, 0.2) is 0 Å². The number of hydrogen-bond donors (Lipinski definition) is 0. The molecule has 2 heterocycles. The molecule has 0 amide bonds. The van der Waals surface area contributed by atoms with Crippen molar-refractivity contribution in [1.29, 1.82) is 0 Å². The quantitative estimate of drug-likeness (QED) is 0.709. The van der Waals surface area contributed by atoms with Crippen LogP contribution in [0.4, 0.5) is 0 Å². The largest absolute Gasteiger partial charge is 0.332 e. The van der Waals surface area contributed by atoms with Crippen LogP contribution in [0.3, 0.4) is 0 Å². The molecule has 0 aliphatic heterocycles. The first-order valence-corrected chi connectivity index (χ1v) is 5.18. The van der Waals surface area contributed by atoms with Crippen LogP contribution >= 0.6 is 11.6 Å². The lowest BCUT2D eigenvalue weighted by molar-refractivity contribution is 0.642. The molecule has 3 nitrogen and oxygen atoms in total. The topological polar surface area (TPSA) is 30.7 Å². The Morgan fingerprint density at radius 2 is 2.36 bits per heavy atom. The van der Waals surface area contributed by atoms with Gasteiger partial charge in [-0.2, -0.15) is 4.98 Å². The molecular weight excluding hydrogens is 198 g/mol. The molecule has 0 radical (unpaired) electrons. The Morgan fingerprint density at radius 1 is 1.50 bits per heavy atom. The first-order chi connectivity index (χ1) is 6.83. The summed E-state index contributed by atoms with van der Waals surface area (Å²) in [6, 6.07) is 2.04. The zero-order chi connectivity index (χ0) is 9.54. The average molecular weight is 208 g/mol. The maximum Gasteiger partial charge on any atom is 0.224 e. The second-order valence-corrected chi connectivity index (χ2v) is 4.17. The van der Waals surface area contributed by atoms with Gasteiger partial charge in [0.05, 0.1) is 0 Å². The fraction of sp³-hybridized carbons (Fsp3) is 0.400. The number of nitrogens with zero attached hydrogens (tertiary/aromatic N) is 3. The van der Waals surface area contributed by atoms with E-state index < -0.39 is 0 Å². The summed E-state index contributed by atoms with van der Waals surface area (Å²) in [5.41, 5.74) is 0.955. The molecular formula is C10H10ClN3. The minimum Gasteiger partial charge on any atom is -0.332 e. The lowest BCUT2D eigenvalue weighted by atomic mass is 10.4. The van der Waals surface area contributed by atoms with E-state index in [-0.39, 0.29) is 0 Å². The average Bonchev–Trinajstić information content (AvgIpc) is 2.90. The maximum absolute atomic E-state index is 5.76. The van der Waals surface area contributed by atoms with Crippen LogP contribution in [0.2, 0.25) is 5.28 Å². The summed E-state index contributed by atoms with van der Waals surface area (Å²) in [5, 5.41) is 1.39. The van der Waals surface area contributed by atoms with Crippen molar-refractivity contribution in [2.75, 3.05) is 0 Å². The van der Waals surface area contributed by atoms with Crippen LogP contribution in [0.25, 0.3) is 11.0 Å². The molecule has 0 unspecified atom stereocenters. The van der Waals surface area contributed by atoms with Gasteiger partial charge in [0.25, 0.3) is 0 Å². The first kappa shape index (κ1) is 8.24. The molecule has 1 saturated carbocycles. The standard InChI is InChI=1S/C10H10ClN3/c11-10-12-5-8-3-4-14(9(8)13-10)6-7-1-2-7/h3-5,7H,1-2,6H2. The lowest BCUT2D eigenvalue weighted by Gasteiger charge is -2.01. The highest BCUT2D eigenvalue weighted by Gasteiger charge is 2.22. The number of hydrogen-bond acceptors (Lipinski definition) is 2. The van der Waals surface area contributed by atoms with Crippen molar-refractivity contribution in [2.45, 2.75) is 19.4 Å². The molecule has 0 atom stereocenters. The van der Waals surface area contributed by atoms with Gasteiger partial charge in [-0.1, -0.05) is 0 Å². The van der Waals surface area contributed by atoms with Gasteiger partial charge in [-0.15, -0.1) is 0 Å². The van der Waals surface area contributed by atoms with Gasteiger partial charge in [-0.25, -0.2) is 4.98 Å². The van der Waals surface area contributed by atoms with Gasteiger partial charge in [0.2, 0.25) is 5.28 Å². The Hall–Kier alpha value is -1.09. The van der Waals surface area contributed by atoms with E-state index in [4.69, 9.17) is 11.6 Å². The molecule has 2 aromatic heterocycles. The third-order valence-electron chi connectivity index (χ3n) is 2.62. The molecule has 1 fully saturated rings. The van der Waals surface area contributed by atoms with Crippen LogP contribution in [0.15, 0.2) is 18.5 Å². The Balaban J connectivity index is 2.08. The van der Waals surface area contributed by atoms with E-state index in [1.54, 1.807) is 6.20 Å². The smallest absolute Gasteiger partial charge is 0.224 e. The van der Waals surface area contributed by atoms with Crippen molar-refractivity contribution in [2.24, 2.45) is 5.92 Å². The normalized spacial score (nSPS) is 16.4. The van der Waals surface area contributed by atoms with Crippen LogP contribution in [-0.4, -0.2) is 14.5 Å². The van der Waals surface area contributed by atoms with E-state index in [0.29, 0.717) is 5.28 Å². The zero-order valence-electron chi connectivity index (χ0n) is 7.65. The molecule has 0 spiro atoms. The Morgan fingerprint density at radius 3 is 3.14 bits per heavy atom.